The number of imide groups is 1. The summed E-state index contributed by atoms with van der Waals surface area (Å²) in [7, 11) is 1.47. The fourth-order valence-corrected chi connectivity index (χ4v) is 2.81. The van der Waals surface area contributed by atoms with Crippen molar-refractivity contribution in [3.05, 3.63) is 35.9 Å². The Morgan fingerprint density at radius 2 is 2.00 bits per heavy atom. The fraction of sp³-hybridized carbons (Fsp3) is 0.267. The molecule has 0 bridgehead atoms. The predicted molar refractivity (Wildman–Crippen MR) is 84.4 cm³/mol. The number of hydrogen-bond acceptors (Lipinski definition) is 4. The molecular formula is C15H17N3O2S. The van der Waals surface area contributed by atoms with Crippen LogP contribution in [0.5, 0.6) is 0 Å². The van der Waals surface area contributed by atoms with Crippen LogP contribution >= 0.6 is 11.8 Å². The molecule has 1 aromatic heterocycles. The molecule has 0 spiro atoms. The molecule has 110 valence electrons. The summed E-state index contributed by atoms with van der Waals surface area (Å²) in [6.07, 6.45) is 0. The zero-order valence-electron chi connectivity index (χ0n) is 12.1. The lowest BCUT2D eigenvalue weighted by Crippen LogP contribution is -2.41. The highest BCUT2D eigenvalue weighted by molar-refractivity contribution is 8.00. The molecule has 2 N–H and O–H groups in total. The number of fused-ring (bicyclic) bond motifs is 1. The Balaban J connectivity index is 2.16. The van der Waals surface area contributed by atoms with Crippen LogP contribution in [-0.2, 0) is 4.79 Å². The van der Waals surface area contributed by atoms with Crippen LogP contribution in [0.3, 0.4) is 0 Å². The van der Waals surface area contributed by atoms with Gasteiger partial charge in [0.05, 0.1) is 15.8 Å². The van der Waals surface area contributed by atoms with Gasteiger partial charge >= 0.3 is 6.03 Å². The van der Waals surface area contributed by atoms with Crippen LogP contribution in [0.2, 0.25) is 0 Å². The van der Waals surface area contributed by atoms with Crippen molar-refractivity contribution in [2.75, 3.05) is 7.05 Å². The number of para-hydroxylation sites is 1. The van der Waals surface area contributed by atoms with Gasteiger partial charge in [-0.3, -0.25) is 10.1 Å². The van der Waals surface area contributed by atoms with Gasteiger partial charge in [-0.1, -0.05) is 30.0 Å². The number of aromatic nitrogens is 1. The number of nitrogens with zero attached hydrogens (tertiary/aromatic N) is 1. The van der Waals surface area contributed by atoms with Gasteiger partial charge in [-0.2, -0.15) is 0 Å². The molecule has 1 heterocycles. The molecule has 21 heavy (non-hydrogen) atoms. The maximum atomic E-state index is 11.8. The van der Waals surface area contributed by atoms with Gasteiger partial charge in [0.1, 0.15) is 0 Å². The Bertz CT molecular complexity index is 688. The molecule has 0 aliphatic heterocycles. The van der Waals surface area contributed by atoms with Crippen LogP contribution in [0.15, 0.2) is 35.4 Å². The molecule has 6 heteroatoms. The highest BCUT2D eigenvalue weighted by Crippen LogP contribution is 2.26. The Morgan fingerprint density at radius 1 is 1.29 bits per heavy atom. The number of rotatable bonds is 3. The van der Waals surface area contributed by atoms with Gasteiger partial charge in [0.25, 0.3) is 0 Å². The average molecular weight is 303 g/mol. The Hall–Kier alpha value is -2.08. The SMILES string of the molecule is CNC(=O)NC(=O)[C@@H](C)Sc1cc(C)c2ccccc2n1. The zero-order valence-corrected chi connectivity index (χ0v) is 13.0. The summed E-state index contributed by atoms with van der Waals surface area (Å²) < 4.78 is 0. The van der Waals surface area contributed by atoms with Gasteiger partial charge < -0.3 is 5.32 Å². The number of thioether (sulfide) groups is 1. The molecule has 2 rings (SSSR count). The van der Waals surface area contributed by atoms with E-state index in [-0.39, 0.29) is 5.91 Å². The van der Waals surface area contributed by atoms with Gasteiger partial charge in [0.15, 0.2) is 0 Å². The standard InChI is InChI=1S/C15H17N3O2S/c1-9-8-13(17-12-7-5-4-6-11(9)12)21-10(2)14(19)18-15(20)16-3/h4-8,10H,1-3H3,(H2,16,18,19,20)/t10-/m1/s1. The maximum absolute atomic E-state index is 11.8. The number of nitrogens with one attached hydrogen (secondary N) is 2. The normalized spacial score (nSPS) is 12.0. The molecule has 1 aromatic carbocycles. The van der Waals surface area contributed by atoms with Crippen LogP contribution in [0, 0.1) is 6.92 Å². The van der Waals surface area contributed by atoms with Crippen LogP contribution < -0.4 is 10.6 Å². The first-order valence-electron chi connectivity index (χ1n) is 6.57. The third-order valence-corrected chi connectivity index (χ3v) is 4.05. The van der Waals surface area contributed by atoms with E-state index in [9.17, 15) is 9.59 Å². The lowest BCUT2D eigenvalue weighted by Gasteiger charge is -2.11. The molecule has 1 atom stereocenters. The number of benzene rings is 1. The molecule has 0 saturated carbocycles. The highest BCUT2D eigenvalue weighted by atomic mass is 32.2. The van der Waals surface area contributed by atoms with E-state index < -0.39 is 11.3 Å². The minimum Gasteiger partial charge on any atom is -0.341 e. The van der Waals surface area contributed by atoms with Crippen molar-refractivity contribution in [3.8, 4) is 0 Å². The Labute approximate surface area is 127 Å². The van der Waals surface area contributed by atoms with Crippen molar-refractivity contribution in [3.63, 3.8) is 0 Å². The van der Waals surface area contributed by atoms with Crippen molar-refractivity contribution in [2.45, 2.75) is 24.1 Å². The fourth-order valence-electron chi connectivity index (χ4n) is 1.89. The van der Waals surface area contributed by atoms with Crippen molar-refractivity contribution < 1.29 is 9.59 Å². The van der Waals surface area contributed by atoms with Crippen molar-refractivity contribution in [2.24, 2.45) is 0 Å². The topological polar surface area (TPSA) is 71.1 Å². The summed E-state index contributed by atoms with van der Waals surface area (Å²) in [6, 6.07) is 9.33. The number of carbonyl (C=O) groups is 2. The second kappa shape index (κ2) is 6.58. The summed E-state index contributed by atoms with van der Waals surface area (Å²) in [5.74, 6) is -0.341. The first kappa shape index (κ1) is 15.3. The molecule has 3 amide bonds. The Kier molecular flexibility index (Phi) is 4.80. The predicted octanol–water partition coefficient (Wildman–Crippen LogP) is 2.48. The van der Waals surface area contributed by atoms with Crippen LogP contribution in [0.25, 0.3) is 10.9 Å². The molecule has 0 fully saturated rings. The van der Waals surface area contributed by atoms with E-state index >= 15 is 0 Å². The van der Waals surface area contributed by atoms with E-state index in [0.717, 1.165) is 21.5 Å². The van der Waals surface area contributed by atoms with Gasteiger partial charge in [0.2, 0.25) is 5.91 Å². The molecule has 0 aliphatic carbocycles. The van der Waals surface area contributed by atoms with E-state index in [0.29, 0.717) is 0 Å². The summed E-state index contributed by atoms with van der Waals surface area (Å²) >= 11 is 1.33. The zero-order chi connectivity index (χ0) is 15.4. The van der Waals surface area contributed by atoms with Crippen LogP contribution in [0.1, 0.15) is 12.5 Å². The molecule has 0 saturated heterocycles. The largest absolute Gasteiger partial charge is 0.341 e. The summed E-state index contributed by atoms with van der Waals surface area (Å²) in [5, 5.41) is 6.08. The molecule has 0 aliphatic rings. The smallest absolute Gasteiger partial charge is 0.321 e. The second-order valence-electron chi connectivity index (χ2n) is 4.62. The summed E-state index contributed by atoms with van der Waals surface area (Å²) in [6.45, 7) is 3.76. The summed E-state index contributed by atoms with van der Waals surface area (Å²) in [4.78, 5) is 27.5. The van der Waals surface area contributed by atoms with Gasteiger partial charge in [-0.25, -0.2) is 9.78 Å². The lowest BCUT2D eigenvalue weighted by atomic mass is 10.1. The third kappa shape index (κ3) is 3.72. The number of pyridine rings is 1. The molecule has 5 nitrogen and oxygen atoms in total. The van der Waals surface area contributed by atoms with Gasteiger partial charge in [0, 0.05) is 12.4 Å². The molecular weight excluding hydrogens is 286 g/mol. The van der Waals surface area contributed by atoms with Crippen molar-refractivity contribution in [1.29, 1.82) is 0 Å². The molecule has 0 radical (unpaired) electrons. The summed E-state index contributed by atoms with van der Waals surface area (Å²) in [5.41, 5.74) is 2.01. The van der Waals surface area contributed by atoms with Crippen LogP contribution in [-0.4, -0.2) is 29.2 Å². The number of hydrogen-bond donors (Lipinski definition) is 2. The quantitative estimate of drug-likeness (QED) is 0.855. The van der Waals surface area contributed by atoms with E-state index in [1.807, 2.05) is 37.3 Å². The van der Waals surface area contributed by atoms with E-state index in [1.165, 1.54) is 18.8 Å². The average Bonchev–Trinajstić information content (AvgIpc) is 2.47. The minimum absolute atomic E-state index is 0.341. The molecule has 2 aromatic rings. The Morgan fingerprint density at radius 3 is 2.71 bits per heavy atom. The maximum Gasteiger partial charge on any atom is 0.321 e. The first-order valence-corrected chi connectivity index (χ1v) is 7.45. The van der Waals surface area contributed by atoms with Crippen LogP contribution in [0.4, 0.5) is 4.79 Å². The van der Waals surface area contributed by atoms with Gasteiger partial charge in [-0.15, -0.1) is 0 Å². The van der Waals surface area contributed by atoms with E-state index in [4.69, 9.17) is 0 Å². The number of amides is 3. The molecule has 0 unspecified atom stereocenters. The third-order valence-electron chi connectivity index (χ3n) is 3.03. The van der Waals surface area contributed by atoms with Crippen molar-refractivity contribution >= 4 is 34.6 Å². The second-order valence-corrected chi connectivity index (χ2v) is 5.98. The lowest BCUT2D eigenvalue weighted by molar-refractivity contribution is -0.119. The number of urea groups is 1. The van der Waals surface area contributed by atoms with E-state index in [2.05, 4.69) is 15.6 Å². The van der Waals surface area contributed by atoms with E-state index in [1.54, 1.807) is 6.92 Å². The number of aryl methyl sites for hydroxylation is 1. The number of carbonyl (C=O) groups excluding carboxylic acids is 2. The van der Waals surface area contributed by atoms with Crippen molar-refractivity contribution in [1.82, 2.24) is 15.6 Å². The van der Waals surface area contributed by atoms with Gasteiger partial charge in [-0.05, 0) is 31.5 Å². The minimum atomic E-state index is -0.505. The first-order chi connectivity index (χ1) is 10.0. The highest BCUT2D eigenvalue weighted by Gasteiger charge is 2.17. The monoisotopic (exact) mass is 303 g/mol.